The van der Waals surface area contributed by atoms with Gasteiger partial charge >= 0.3 is 6.03 Å². The number of urea groups is 1. The van der Waals surface area contributed by atoms with Crippen molar-refractivity contribution in [3.63, 3.8) is 0 Å². The molecule has 236 valence electrons. The van der Waals surface area contributed by atoms with Crippen molar-refractivity contribution in [3.8, 4) is 17.0 Å². The molecule has 6 rings (SSSR count). The van der Waals surface area contributed by atoms with E-state index in [9.17, 15) is 9.59 Å². The summed E-state index contributed by atoms with van der Waals surface area (Å²) in [6.07, 6.45) is 5.81. The van der Waals surface area contributed by atoms with Gasteiger partial charge in [-0.05, 0) is 74.1 Å². The van der Waals surface area contributed by atoms with E-state index < -0.39 is 0 Å². The summed E-state index contributed by atoms with van der Waals surface area (Å²) in [5.74, 6) is 1.80. The van der Waals surface area contributed by atoms with Crippen LogP contribution in [0.3, 0.4) is 0 Å². The smallest absolute Gasteiger partial charge is 0.324 e. The number of carbonyl (C=O) groups is 2. The molecule has 1 aliphatic rings. The number of hydrogen-bond acceptors (Lipinski definition) is 5. The Balaban J connectivity index is 1.04. The summed E-state index contributed by atoms with van der Waals surface area (Å²) in [6, 6.07) is 25.1. The molecule has 0 atom stereocenters. The van der Waals surface area contributed by atoms with E-state index in [1.54, 1.807) is 10.9 Å². The van der Waals surface area contributed by atoms with Crippen LogP contribution in [0.25, 0.3) is 17.0 Å². The topological polar surface area (TPSA) is 105 Å². The van der Waals surface area contributed by atoms with Crippen LogP contribution in [0.5, 0.6) is 0 Å². The average molecular weight is 617 g/mol. The first-order chi connectivity index (χ1) is 22.1. The fraction of sp³-hybridized carbons (Fsp3) is 0.297. The largest absolute Gasteiger partial charge is 0.444 e. The van der Waals surface area contributed by atoms with Gasteiger partial charge < -0.3 is 14.6 Å². The molecule has 9 nitrogen and oxygen atoms in total. The number of rotatable bonds is 7. The number of oxazole rings is 1. The van der Waals surface area contributed by atoms with Gasteiger partial charge in [-0.15, -0.1) is 0 Å². The zero-order chi connectivity index (χ0) is 32.3. The Kier molecular flexibility index (Phi) is 8.74. The summed E-state index contributed by atoms with van der Waals surface area (Å²) < 4.78 is 7.13. The van der Waals surface area contributed by atoms with Gasteiger partial charge in [0, 0.05) is 41.4 Å². The van der Waals surface area contributed by atoms with Gasteiger partial charge in [0.1, 0.15) is 5.82 Å². The minimum atomic E-state index is -0.327. The Labute approximate surface area is 269 Å². The molecule has 3 heterocycles. The quantitative estimate of drug-likeness (QED) is 0.194. The number of hydrogen-bond donors (Lipinski definition) is 2. The van der Waals surface area contributed by atoms with Gasteiger partial charge in [-0.25, -0.2) is 14.5 Å². The summed E-state index contributed by atoms with van der Waals surface area (Å²) in [4.78, 5) is 32.2. The predicted molar refractivity (Wildman–Crippen MR) is 180 cm³/mol. The van der Waals surface area contributed by atoms with Crippen LogP contribution in [0.4, 0.5) is 16.3 Å². The molecule has 5 aromatic rings. The van der Waals surface area contributed by atoms with Gasteiger partial charge in [0.2, 0.25) is 0 Å². The van der Waals surface area contributed by atoms with Gasteiger partial charge in [0.05, 0.1) is 17.6 Å². The zero-order valence-electron chi connectivity index (χ0n) is 26.8. The summed E-state index contributed by atoms with van der Waals surface area (Å²) in [5.41, 5.74) is 6.21. The Morgan fingerprint density at radius 2 is 1.67 bits per heavy atom. The minimum absolute atomic E-state index is 0.0538. The lowest BCUT2D eigenvalue weighted by Gasteiger charge is -2.32. The minimum Gasteiger partial charge on any atom is -0.444 e. The molecule has 1 aliphatic heterocycles. The molecule has 46 heavy (non-hydrogen) atoms. The third-order valence-corrected chi connectivity index (χ3v) is 8.46. The lowest BCUT2D eigenvalue weighted by Crippen LogP contribution is -2.38. The average Bonchev–Trinajstić information content (AvgIpc) is 3.73. The maximum absolute atomic E-state index is 13.2. The third kappa shape index (κ3) is 7.20. The molecular formula is C37H40N6O3. The van der Waals surface area contributed by atoms with Crippen LogP contribution in [-0.2, 0) is 11.8 Å². The lowest BCUT2D eigenvalue weighted by atomic mass is 9.89. The Morgan fingerprint density at radius 3 is 2.35 bits per heavy atom. The molecule has 1 saturated heterocycles. The first-order valence-electron chi connectivity index (χ1n) is 15.7. The molecule has 0 spiro atoms. The fourth-order valence-corrected chi connectivity index (χ4v) is 5.77. The van der Waals surface area contributed by atoms with Crippen LogP contribution < -0.4 is 10.6 Å². The van der Waals surface area contributed by atoms with E-state index in [1.807, 2.05) is 84.6 Å². The van der Waals surface area contributed by atoms with Crippen molar-refractivity contribution < 1.29 is 14.0 Å². The van der Waals surface area contributed by atoms with Gasteiger partial charge in [-0.2, -0.15) is 5.10 Å². The number of nitrogens with one attached hydrogen (secondary N) is 2. The van der Waals surface area contributed by atoms with Gasteiger partial charge in [-0.1, -0.05) is 62.7 Å². The number of nitrogens with zero attached hydrogens (tertiary/aromatic N) is 4. The number of carbonyl (C=O) groups excluding carboxylic acids is 2. The van der Waals surface area contributed by atoms with E-state index in [0.717, 1.165) is 66.1 Å². The normalized spacial score (nSPS) is 13.9. The SMILES string of the molecule is Cc1ccc(-n2nc(C(C)(C)C)cc2NC(=O)Nc2cccc(CC3CCN(C(=O)c4ccc(-c5cnco5)cc4)CC3)c2)cc1. The molecule has 0 saturated carbocycles. The van der Waals surface area contributed by atoms with Gasteiger partial charge in [0.15, 0.2) is 12.2 Å². The molecule has 9 heteroatoms. The second kappa shape index (κ2) is 13.0. The zero-order valence-corrected chi connectivity index (χ0v) is 26.8. The molecule has 0 aliphatic carbocycles. The van der Waals surface area contributed by atoms with Crippen molar-refractivity contribution >= 4 is 23.4 Å². The van der Waals surface area contributed by atoms with Crippen molar-refractivity contribution in [3.05, 3.63) is 114 Å². The van der Waals surface area contributed by atoms with Crippen LogP contribution >= 0.6 is 0 Å². The second-order valence-corrected chi connectivity index (χ2v) is 13.1. The molecule has 3 amide bonds. The maximum atomic E-state index is 13.2. The number of aryl methyl sites for hydroxylation is 1. The van der Waals surface area contributed by atoms with Crippen molar-refractivity contribution in [2.75, 3.05) is 23.7 Å². The third-order valence-electron chi connectivity index (χ3n) is 8.46. The first-order valence-corrected chi connectivity index (χ1v) is 15.7. The van der Waals surface area contributed by atoms with Crippen molar-refractivity contribution in [2.24, 2.45) is 5.92 Å². The highest BCUT2D eigenvalue weighted by Crippen LogP contribution is 2.28. The van der Waals surface area contributed by atoms with Crippen LogP contribution in [0.15, 0.2) is 95.9 Å². The first kappa shape index (κ1) is 30.8. The molecule has 1 fully saturated rings. The van der Waals surface area contributed by atoms with Crippen molar-refractivity contribution in [1.82, 2.24) is 19.7 Å². The van der Waals surface area contributed by atoms with E-state index in [2.05, 4.69) is 42.5 Å². The Bertz CT molecular complexity index is 1790. The standard InChI is InChI=1S/C37H40N6O3/c1-25-8-14-31(15-9-25)43-34(22-33(41-43)37(2,3)4)40-36(45)39-30-7-5-6-27(21-30)20-26-16-18-42(19-17-26)35(44)29-12-10-28(11-13-29)32-23-38-24-46-32/h5-15,21-24,26H,16-20H2,1-4H3,(H2,39,40,45). The maximum Gasteiger partial charge on any atom is 0.324 e. The van der Waals surface area contributed by atoms with Crippen LogP contribution in [0, 0.1) is 12.8 Å². The highest BCUT2D eigenvalue weighted by molar-refractivity contribution is 5.99. The highest BCUT2D eigenvalue weighted by Gasteiger charge is 2.25. The number of amides is 3. The number of benzene rings is 3. The van der Waals surface area contributed by atoms with E-state index in [4.69, 9.17) is 9.52 Å². The van der Waals surface area contributed by atoms with E-state index in [1.165, 1.54) is 6.39 Å². The summed E-state index contributed by atoms with van der Waals surface area (Å²) in [5, 5.41) is 10.8. The molecule has 0 unspecified atom stereocenters. The van der Waals surface area contributed by atoms with Crippen LogP contribution in [0.2, 0.25) is 0 Å². The van der Waals surface area contributed by atoms with E-state index in [0.29, 0.717) is 23.1 Å². The van der Waals surface area contributed by atoms with E-state index in [-0.39, 0.29) is 17.4 Å². The molecule has 3 aromatic carbocycles. The predicted octanol–water partition coefficient (Wildman–Crippen LogP) is 7.87. The molecule has 2 aromatic heterocycles. The monoisotopic (exact) mass is 616 g/mol. The van der Waals surface area contributed by atoms with Crippen LogP contribution in [-0.4, -0.2) is 44.7 Å². The number of anilines is 2. The number of likely N-dealkylation sites (tertiary alicyclic amines) is 1. The molecule has 0 bridgehead atoms. The molecule has 0 radical (unpaired) electrons. The van der Waals surface area contributed by atoms with E-state index >= 15 is 0 Å². The van der Waals surface area contributed by atoms with Gasteiger partial charge in [0.25, 0.3) is 5.91 Å². The van der Waals surface area contributed by atoms with Crippen LogP contribution in [0.1, 0.15) is 60.8 Å². The lowest BCUT2D eigenvalue weighted by molar-refractivity contribution is 0.0690. The summed E-state index contributed by atoms with van der Waals surface area (Å²) in [7, 11) is 0. The second-order valence-electron chi connectivity index (χ2n) is 13.1. The van der Waals surface area contributed by atoms with Crippen molar-refractivity contribution in [1.29, 1.82) is 0 Å². The number of aromatic nitrogens is 3. The molecular weight excluding hydrogens is 576 g/mol. The molecule has 2 N–H and O–H groups in total. The number of piperidine rings is 1. The van der Waals surface area contributed by atoms with Gasteiger partial charge in [-0.3, -0.25) is 10.1 Å². The summed E-state index contributed by atoms with van der Waals surface area (Å²) >= 11 is 0. The summed E-state index contributed by atoms with van der Waals surface area (Å²) in [6.45, 7) is 9.79. The fourth-order valence-electron chi connectivity index (χ4n) is 5.77. The van der Waals surface area contributed by atoms with Crippen molar-refractivity contribution in [2.45, 2.75) is 52.4 Å². The highest BCUT2D eigenvalue weighted by atomic mass is 16.3. The Morgan fingerprint density at radius 1 is 0.935 bits per heavy atom. The Hall–Kier alpha value is -5.18.